The maximum absolute atomic E-state index is 13.6. The lowest BCUT2D eigenvalue weighted by Gasteiger charge is -2.39. The quantitative estimate of drug-likeness (QED) is 0.528. The first kappa shape index (κ1) is 26.2. The van der Waals surface area contributed by atoms with Crippen molar-refractivity contribution in [1.82, 2.24) is 5.32 Å². The molecule has 4 rings (SSSR count). The zero-order valence-corrected chi connectivity index (χ0v) is 20.7. The van der Waals surface area contributed by atoms with Crippen LogP contribution >= 0.6 is 0 Å². The number of nitrogens with one attached hydrogen (secondary N) is 1. The van der Waals surface area contributed by atoms with Gasteiger partial charge >= 0.3 is 5.97 Å². The molecule has 6 heteroatoms. The van der Waals surface area contributed by atoms with Crippen molar-refractivity contribution in [2.75, 3.05) is 19.8 Å². The molecule has 2 unspecified atom stereocenters. The summed E-state index contributed by atoms with van der Waals surface area (Å²) in [4.78, 5) is 24.7. The van der Waals surface area contributed by atoms with Crippen molar-refractivity contribution in [3.05, 3.63) is 59.2 Å². The molecule has 34 heavy (non-hydrogen) atoms. The van der Waals surface area contributed by atoms with E-state index in [-0.39, 0.29) is 23.6 Å². The molecule has 2 atom stereocenters. The number of ether oxygens (including phenoxy) is 2. The molecule has 1 heterocycles. The van der Waals surface area contributed by atoms with Gasteiger partial charge in [-0.2, -0.15) is 0 Å². The van der Waals surface area contributed by atoms with E-state index in [1.54, 1.807) is 24.3 Å². The fourth-order valence-electron chi connectivity index (χ4n) is 4.60. The molecule has 1 saturated heterocycles. The number of rotatable bonds is 8. The predicted molar refractivity (Wildman–Crippen MR) is 133 cm³/mol. The van der Waals surface area contributed by atoms with Crippen molar-refractivity contribution in [1.29, 1.82) is 0 Å². The molecule has 0 bridgehead atoms. The van der Waals surface area contributed by atoms with Gasteiger partial charge in [0.15, 0.2) is 0 Å². The van der Waals surface area contributed by atoms with E-state index in [0.717, 1.165) is 36.5 Å². The van der Waals surface area contributed by atoms with Crippen LogP contribution in [0.2, 0.25) is 0 Å². The smallest absolute Gasteiger partial charge is 0.335 e. The third-order valence-corrected chi connectivity index (χ3v) is 6.97. The van der Waals surface area contributed by atoms with Crippen LogP contribution in [-0.2, 0) is 14.3 Å². The minimum absolute atomic E-state index is 0.0209. The van der Waals surface area contributed by atoms with Crippen LogP contribution in [0.1, 0.15) is 81.3 Å². The lowest BCUT2D eigenvalue weighted by atomic mass is 9.71. The molecule has 6 nitrogen and oxygen atoms in total. The number of hydrogen-bond acceptors (Lipinski definition) is 4. The van der Waals surface area contributed by atoms with Crippen LogP contribution in [0.25, 0.3) is 0 Å². The first-order valence-electron chi connectivity index (χ1n) is 12.7. The second-order valence-electron chi connectivity index (χ2n) is 9.25. The first-order chi connectivity index (χ1) is 16.5. The van der Waals surface area contributed by atoms with Gasteiger partial charge in [-0.3, -0.25) is 4.79 Å². The van der Waals surface area contributed by atoms with Crippen molar-refractivity contribution in [2.24, 2.45) is 11.3 Å². The summed E-state index contributed by atoms with van der Waals surface area (Å²) < 4.78 is 11.7. The molecule has 2 aliphatic carbocycles. The molecule has 0 aromatic heterocycles. The number of hydrogen-bond donors (Lipinski definition) is 2. The van der Waals surface area contributed by atoms with E-state index >= 15 is 0 Å². The molecule has 3 aliphatic rings. The SMILES string of the molecule is CC.CC(NC(=O)C1(C2=CC=CC(OCC3CC3)CC2)CCOCC1)c1ccc(C(=O)O)cc1. The zero-order valence-electron chi connectivity index (χ0n) is 20.7. The highest BCUT2D eigenvalue weighted by molar-refractivity contribution is 5.88. The van der Waals surface area contributed by atoms with E-state index in [4.69, 9.17) is 14.6 Å². The van der Waals surface area contributed by atoms with E-state index in [1.807, 2.05) is 20.8 Å². The zero-order chi connectivity index (χ0) is 24.6. The molecule has 1 aromatic rings. The number of carbonyl (C=O) groups is 2. The lowest BCUT2D eigenvalue weighted by molar-refractivity contribution is -0.134. The molecular formula is C28H39NO5. The van der Waals surface area contributed by atoms with Crippen molar-refractivity contribution in [2.45, 2.75) is 71.4 Å². The van der Waals surface area contributed by atoms with Gasteiger partial charge in [0, 0.05) is 13.2 Å². The van der Waals surface area contributed by atoms with Crippen LogP contribution in [0.15, 0.2) is 48.1 Å². The molecule has 1 aliphatic heterocycles. The van der Waals surface area contributed by atoms with Gasteiger partial charge in [-0.1, -0.05) is 49.8 Å². The maximum Gasteiger partial charge on any atom is 0.335 e. The van der Waals surface area contributed by atoms with Crippen LogP contribution < -0.4 is 5.32 Å². The molecule has 1 saturated carbocycles. The highest BCUT2D eigenvalue weighted by Gasteiger charge is 2.43. The summed E-state index contributed by atoms with van der Waals surface area (Å²) in [6.07, 6.45) is 12.0. The minimum Gasteiger partial charge on any atom is -0.478 e. The summed E-state index contributed by atoms with van der Waals surface area (Å²) in [7, 11) is 0. The van der Waals surface area contributed by atoms with Gasteiger partial charge in [0.05, 0.1) is 29.7 Å². The summed E-state index contributed by atoms with van der Waals surface area (Å²) >= 11 is 0. The van der Waals surface area contributed by atoms with Gasteiger partial charge < -0.3 is 19.9 Å². The molecule has 0 radical (unpaired) electrons. The second-order valence-corrected chi connectivity index (χ2v) is 9.25. The third kappa shape index (κ3) is 6.57. The van der Waals surface area contributed by atoms with Crippen LogP contribution in [0.3, 0.4) is 0 Å². The van der Waals surface area contributed by atoms with E-state index in [2.05, 4.69) is 23.5 Å². The van der Waals surface area contributed by atoms with Crippen LogP contribution in [0.5, 0.6) is 0 Å². The summed E-state index contributed by atoms with van der Waals surface area (Å²) in [5.41, 5.74) is 1.69. The van der Waals surface area contributed by atoms with E-state index in [0.29, 0.717) is 26.1 Å². The molecule has 2 N–H and O–H groups in total. The monoisotopic (exact) mass is 469 g/mol. The predicted octanol–water partition coefficient (Wildman–Crippen LogP) is 5.46. The molecule has 1 amide bonds. The average Bonchev–Trinajstić information content (AvgIpc) is 3.71. The Morgan fingerprint density at radius 3 is 2.44 bits per heavy atom. The van der Waals surface area contributed by atoms with Gasteiger partial charge in [-0.25, -0.2) is 4.79 Å². The molecule has 0 spiro atoms. The number of carboxylic acid groups (broad SMARTS) is 1. The van der Waals surface area contributed by atoms with E-state index in [1.165, 1.54) is 12.8 Å². The number of benzene rings is 1. The van der Waals surface area contributed by atoms with Gasteiger partial charge in [-0.05, 0) is 69.1 Å². The van der Waals surface area contributed by atoms with Crippen LogP contribution in [-0.4, -0.2) is 42.9 Å². The Morgan fingerprint density at radius 2 is 1.82 bits per heavy atom. The van der Waals surface area contributed by atoms with Gasteiger partial charge in [0.1, 0.15) is 0 Å². The number of carboxylic acids is 1. The van der Waals surface area contributed by atoms with Gasteiger partial charge in [0.25, 0.3) is 0 Å². The molecule has 186 valence electrons. The largest absolute Gasteiger partial charge is 0.478 e. The third-order valence-electron chi connectivity index (χ3n) is 6.97. The first-order valence-corrected chi connectivity index (χ1v) is 12.7. The van der Waals surface area contributed by atoms with Crippen molar-refractivity contribution >= 4 is 11.9 Å². The normalized spacial score (nSPS) is 22.4. The molecule has 2 fully saturated rings. The summed E-state index contributed by atoms with van der Waals surface area (Å²) in [6, 6.07) is 6.46. The van der Waals surface area contributed by atoms with Gasteiger partial charge in [0.2, 0.25) is 5.91 Å². The molecular weight excluding hydrogens is 430 g/mol. The number of allylic oxidation sites excluding steroid dienone is 2. The Kier molecular flexibility index (Phi) is 9.48. The number of aromatic carboxylic acids is 1. The van der Waals surface area contributed by atoms with Crippen molar-refractivity contribution < 1.29 is 24.2 Å². The minimum atomic E-state index is -0.956. The summed E-state index contributed by atoms with van der Waals surface area (Å²) in [6.45, 7) is 7.90. The van der Waals surface area contributed by atoms with Crippen LogP contribution in [0.4, 0.5) is 0 Å². The fourth-order valence-corrected chi connectivity index (χ4v) is 4.60. The lowest BCUT2D eigenvalue weighted by Crippen LogP contribution is -2.46. The fraction of sp³-hybridized carbons (Fsp3) is 0.571. The van der Waals surface area contributed by atoms with Crippen molar-refractivity contribution in [3.63, 3.8) is 0 Å². The van der Waals surface area contributed by atoms with Crippen molar-refractivity contribution in [3.8, 4) is 0 Å². The number of amides is 1. The highest BCUT2D eigenvalue weighted by Crippen LogP contribution is 2.42. The van der Waals surface area contributed by atoms with E-state index in [9.17, 15) is 9.59 Å². The Labute approximate surface area is 203 Å². The highest BCUT2D eigenvalue weighted by atomic mass is 16.5. The average molecular weight is 470 g/mol. The summed E-state index contributed by atoms with van der Waals surface area (Å²) in [5.74, 6) is -0.201. The Morgan fingerprint density at radius 1 is 1.15 bits per heavy atom. The standard InChI is InChI=1S/C26H33NO5.C2H6/c1-18(20-7-9-21(10-8-20)24(28)29)27-25(30)26(13-15-31-16-14-26)22-3-2-4-23(12-11-22)32-17-19-5-6-19;1-2/h2-4,7-10,18-19,23H,5-6,11-17H2,1H3,(H,27,30)(H,28,29);1-2H3. The maximum atomic E-state index is 13.6. The summed E-state index contributed by atoms with van der Waals surface area (Å²) in [5, 5.41) is 12.3. The van der Waals surface area contributed by atoms with Crippen LogP contribution in [0, 0.1) is 11.3 Å². The Balaban J connectivity index is 0.00000158. The Bertz CT molecular complexity index is 879. The Hall–Kier alpha value is -2.44. The number of carbonyl (C=O) groups excluding carboxylic acids is 1. The molecule has 1 aromatic carbocycles. The second kappa shape index (κ2) is 12.3. The topological polar surface area (TPSA) is 84.9 Å². The van der Waals surface area contributed by atoms with Gasteiger partial charge in [-0.15, -0.1) is 0 Å². The van der Waals surface area contributed by atoms with E-state index < -0.39 is 11.4 Å².